The Morgan fingerprint density at radius 3 is 2.50 bits per heavy atom. The van der Waals surface area contributed by atoms with E-state index in [1.807, 2.05) is 0 Å². The van der Waals surface area contributed by atoms with Crippen molar-refractivity contribution in [3.05, 3.63) is 76.6 Å². The summed E-state index contributed by atoms with van der Waals surface area (Å²) < 4.78 is 10.6. The van der Waals surface area contributed by atoms with E-state index in [9.17, 15) is 14.7 Å². The molecule has 0 spiro atoms. The summed E-state index contributed by atoms with van der Waals surface area (Å²) in [4.78, 5) is 22.7. The van der Waals surface area contributed by atoms with Crippen LogP contribution in [0.15, 0.2) is 69.9 Å². The summed E-state index contributed by atoms with van der Waals surface area (Å²) in [7, 11) is 0. The van der Waals surface area contributed by atoms with Gasteiger partial charge in [-0.25, -0.2) is 9.59 Å². The number of carbonyl (C=O) groups is 1. The highest BCUT2D eigenvalue weighted by Gasteiger charge is 2.21. The van der Waals surface area contributed by atoms with E-state index in [1.54, 1.807) is 48.5 Å². The van der Waals surface area contributed by atoms with Crippen molar-refractivity contribution in [3.8, 4) is 5.75 Å². The van der Waals surface area contributed by atoms with Gasteiger partial charge in [-0.05, 0) is 18.2 Å². The molecule has 2 aromatic carbocycles. The number of fused-ring (bicyclic) bond motifs is 1. The summed E-state index contributed by atoms with van der Waals surface area (Å²) in [6.45, 7) is 0. The molecule has 0 amide bonds. The van der Waals surface area contributed by atoms with Gasteiger partial charge in [0.1, 0.15) is 11.3 Å². The van der Waals surface area contributed by atoms with Gasteiger partial charge in [-0.1, -0.05) is 30.3 Å². The summed E-state index contributed by atoms with van der Waals surface area (Å²) in [6.07, 6.45) is -1.13. The van der Waals surface area contributed by atoms with Crippen LogP contribution in [-0.2, 0) is 4.79 Å². The van der Waals surface area contributed by atoms with Crippen molar-refractivity contribution in [1.29, 1.82) is 0 Å². The van der Waals surface area contributed by atoms with Crippen LogP contribution in [0.1, 0.15) is 11.7 Å². The molecule has 1 unspecified atom stereocenters. The van der Waals surface area contributed by atoms with Gasteiger partial charge in [-0.3, -0.25) is 0 Å². The molecule has 0 fully saturated rings. The Labute approximate surface area is 125 Å². The molecule has 0 saturated carbocycles. The number of ether oxygens (including phenoxy) is 1. The van der Waals surface area contributed by atoms with E-state index >= 15 is 0 Å². The molecule has 3 rings (SSSR count). The predicted octanol–water partition coefficient (Wildman–Crippen LogP) is 3.00. The predicted molar refractivity (Wildman–Crippen MR) is 79.9 cm³/mol. The van der Waals surface area contributed by atoms with Crippen LogP contribution in [0.2, 0.25) is 0 Å². The largest absolute Gasteiger partial charge is 0.478 e. The first-order chi connectivity index (χ1) is 10.6. The summed E-state index contributed by atoms with van der Waals surface area (Å²) in [5.74, 6) is -0.779. The minimum absolute atomic E-state index is 0.318. The second-order valence-electron chi connectivity index (χ2n) is 4.70. The third kappa shape index (κ3) is 2.83. The molecule has 5 heteroatoms. The second-order valence-corrected chi connectivity index (χ2v) is 4.70. The fraction of sp³-hybridized carbons (Fsp3) is 0.0588. The van der Waals surface area contributed by atoms with E-state index < -0.39 is 17.7 Å². The number of benzene rings is 2. The van der Waals surface area contributed by atoms with Crippen molar-refractivity contribution >= 4 is 16.9 Å². The normalized spacial score (nSPS) is 12.0. The van der Waals surface area contributed by atoms with Crippen LogP contribution < -0.4 is 10.4 Å². The molecule has 5 nitrogen and oxygen atoms in total. The SMILES string of the molecule is O=C(O)C(Oc1ccc2ccc(=O)oc2c1)c1ccccc1. The van der Waals surface area contributed by atoms with Gasteiger partial charge in [0.15, 0.2) is 0 Å². The molecule has 0 saturated heterocycles. The Morgan fingerprint density at radius 1 is 1.05 bits per heavy atom. The van der Waals surface area contributed by atoms with Crippen LogP contribution in [0, 0.1) is 0 Å². The lowest BCUT2D eigenvalue weighted by molar-refractivity contribution is -0.145. The molecule has 1 N–H and O–H groups in total. The summed E-state index contributed by atoms with van der Waals surface area (Å²) in [5.41, 5.74) is 0.411. The Kier molecular flexibility index (Phi) is 3.62. The number of aliphatic carboxylic acids is 1. The molecular formula is C17H12O5. The lowest BCUT2D eigenvalue weighted by Crippen LogP contribution is -2.18. The van der Waals surface area contributed by atoms with Gasteiger partial charge in [-0.2, -0.15) is 0 Å². The van der Waals surface area contributed by atoms with Crippen LogP contribution in [0.3, 0.4) is 0 Å². The number of carboxylic acids is 1. The second kappa shape index (κ2) is 5.73. The quantitative estimate of drug-likeness (QED) is 0.749. The van der Waals surface area contributed by atoms with Gasteiger partial charge in [0.25, 0.3) is 0 Å². The van der Waals surface area contributed by atoms with Gasteiger partial charge in [0.2, 0.25) is 6.10 Å². The molecule has 0 aliphatic rings. The number of rotatable bonds is 4. The van der Waals surface area contributed by atoms with Crippen molar-refractivity contribution in [3.63, 3.8) is 0 Å². The van der Waals surface area contributed by atoms with Crippen LogP contribution in [0.4, 0.5) is 0 Å². The van der Waals surface area contributed by atoms with Crippen molar-refractivity contribution in [2.24, 2.45) is 0 Å². The van der Waals surface area contributed by atoms with E-state index in [0.717, 1.165) is 5.39 Å². The standard InChI is InChI=1S/C17H12O5/c18-15-9-7-11-6-8-13(10-14(11)22-15)21-16(17(19)20)12-4-2-1-3-5-12/h1-10,16H,(H,19,20). The smallest absolute Gasteiger partial charge is 0.349 e. The molecule has 1 atom stereocenters. The third-order valence-corrected chi connectivity index (χ3v) is 3.18. The number of carboxylic acid groups (broad SMARTS) is 1. The molecule has 3 aromatic rings. The summed E-state index contributed by atoms with van der Waals surface area (Å²) in [5, 5.41) is 10.1. The highest BCUT2D eigenvalue weighted by molar-refractivity contribution is 5.78. The third-order valence-electron chi connectivity index (χ3n) is 3.18. The van der Waals surface area contributed by atoms with Gasteiger partial charge >= 0.3 is 11.6 Å². The van der Waals surface area contributed by atoms with E-state index in [1.165, 1.54) is 12.1 Å². The molecular weight excluding hydrogens is 284 g/mol. The highest BCUT2D eigenvalue weighted by atomic mass is 16.5. The molecule has 0 aliphatic carbocycles. The first-order valence-corrected chi connectivity index (χ1v) is 6.62. The fourth-order valence-electron chi connectivity index (χ4n) is 2.14. The van der Waals surface area contributed by atoms with Crippen LogP contribution in [0.25, 0.3) is 11.0 Å². The molecule has 0 bridgehead atoms. The highest BCUT2D eigenvalue weighted by Crippen LogP contribution is 2.25. The Bertz CT molecular complexity index is 867. The van der Waals surface area contributed by atoms with Crippen LogP contribution >= 0.6 is 0 Å². The van der Waals surface area contributed by atoms with E-state index in [0.29, 0.717) is 16.9 Å². The Balaban J connectivity index is 1.96. The van der Waals surface area contributed by atoms with Crippen molar-refractivity contribution < 1.29 is 19.1 Å². The zero-order chi connectivity index (χ0) is 15.5. The van der Waals surface area contributed by atoms with Crippen molar-refractivity contribution in [1.82, 2.24) is 0 Å². The van der Waals surface area contributed by atoms with Crippen LogP contribution in [0.5, 0.6) is 5.75 Å². The maximum absolute atomic E-state index is 11.4. The molecule has 22 heavy (non-hydrogen) atoms. The van der Waals surface area contributed by atoms with E-state index in [-0.39, 0.29) is 0 Å². The molecule has 110 valence electrons. The minimum Gasteiger partial charge on any atom is -0.478 e. The van der Waals surface area contributed by atoms with Gasteiger partial charge in [-0.15, -0.1) is 0 Å². The lowest BCUT2D eigenvalue weighted by atomic mass is 10.1. The van der Waals surface area contributed by atoms with Gasteiger partial charge in [0.05, 0.1) is 0 Å². The Hall–Kier alpha value is -3.08. The van der Waals surface area contributed by atoms with E-state index in [4.69, 9.17) is 9.15 Å². The van der Waals surface area contributed by atoms with Gasteiger partial charge in [0, 0.05) is 23.1 Å². The number of hydrogen-bond donors (Lipinski definition) is 1. The topological polar surface area (TPSA) is 76.7 Å². The zero-order valence-corrected chi connectivity index (χ0v) is 11.4. The molecule has 1 aromatic heterocycles. The Morgan fingerprint density at radius 2 is 1.77 bits per heavy atom. The first-order valence-electron chi connectivity index (χ1n) is 6.62. The molecule has 0 aliphatic heterocycles. The molecule has 1 heterocycles. The maximum atomic E-state index is 11.4. The fourth-order valence-corrected chi connectivity index (χ4v) is 2.14. The average molecular weight is 296 g/mol. The average Bonchev–Trinajstić information content (AvgIpc) is 2.52. The van der Waals surface area contributed by atoms with E-state index in [2.05, 4.69) is 0 Å². The first kappa shape index (κ1) is 13.9. The monoisotopic (exact) mass is 296 g/mol. The molecule has 0 radical (unpaired) electrons. The summed E-state index contributed by atoms with van der Waals surface area (Å²) >= 11 is 0. The summed E-state index contributed by atoms with van der Waals surface area (Å²) in [6, 6.07) is 16.5. The lowest BCUT2D eigenvalue weighted by Gasteiger charge is -2.15. The van der Waals surface area contributed by atoms with Crippen LogP contribution in [-0.4, -0.2) is 11.1 Å². The number of hydrogen-bond acceptors (Lipinski definition) is 4. The maximum Gasteiger partial charge on any atom is 0.349 e. The van der Waals surface area contributed by atoms with Crippen molar-refractivity contribution in [2.45, 2.75) is 6.10 Å². The minimum atomic E-state index is -1.13. The van der Waals surface area contributed by atoms with Crippen molar-refractivity contribution in [2.75, 3.05) is 0 Å². The zero-order valence-electron chi connectivity index (χ0n) is 11.4. The van der Waals surface area contributed by atoms with Gasteiger partial charge < -0.3 is 14.3 Å².